The van der Waals surface area contributed by atoms with Crippen LogP contribution >= 0.6 is 0 Å². The average molecular weight is 346 g/mol. The number of halogens is 3. The minimum atomic E-state index is -4.18. The van der Waals surface area contributed by atoms with Gasteiger partial charge in [-0.2, -0.15) is 18.3 Å². The van der Waals surface area contributed by atoms with Crippen molar-refractivity contribution in [3.8, 4) is 0 Å². The van der Waals surface area contributed by atoms with Gasteiger partial charge in [-0.15, -0.1) is 0 Å². The predicted molar refractivity (Wildman–Crippen MR) is 84.5 cm³/mol. The molecular formula is C16H25F3N4O. The van der Waals surface area contributed by atoms with Gasteiger partial charge in [0, 0.05) is 30.4 Å². The smallest absolute Gasteiger partial charge is 0.335 e. The Morgan fingerprint density at radius 1 is 1.33 bits per heavy atom. The van der Waals surface area contributed by atoms with Crippen LogP contribution in [-0.2, 0) is 13.1 Å². The fourth-order valence-corrected chi connectivity index (χ4v) is 3.32. The number of urea groups is 1. The van der Waals surface area contributed by atoms with Gasteiger partial charge in [0.15, 0.2) is 0 Å². The zero-order valence-electron chi connectivity index (χ0n) is 14.3. The summed E-state index contributed by atoms with van der Waals surface area (Å²) in [5, 5.41) is 9.79. The fraction of sp³-hybridized carbons (Fsp3) is 0.750. The molecule has 8 heteroatoms. The summed E-state index contributed by atoms with van der Waals surface area (Å²) in [6.45, 7) is 6.87. The molecular weight excluding hydrogens is 321 g/mol. The molecule has 2 N–H and O–H groups in total. The molecule has 2 amide bonds. The van der Waals surface area contributed by atoms with Gasteiger partial charge in [-0.25, -0.2) is 4.79 Å². The van der Waals surface area contributed by atoms with Crippen LogP contribution in [0.5, 0.6) is 0 Å². The number of carbonyl (C=O) groups is 1. The molecule has 1 aliphatic rings. The van der Waals surface area contributed by atoms with Crippen LogP contribution in [-0.4, -0.2) is 28.0 Å². The molecule has 2 atom stereocenters. The lowest BCUT2D eigenvalue weighted by molar-refractivity contribution is -0.183. The SMILES string of the molecule is CCn1nc(C)c(CNC(=O)N[C@H]2CCC[C@H](C(F)(F)F)C2)c1C. The lowest BCUT2D eigenvalue weighted by Crippen LogP contribution is -2.45. The third-order valence-electron chi connectivity index (χ3n) is 4.73. The molecule has 0 bridgehead atoms. The van der Waals surface area contributed by atoms with Gasteiger partial charge in [0.1, 0.15) is 0 Å². The maximum Gasteiger partial charge on any atom is 0.391 e. The summed E-state index contributed by atoms with van der Waals surface area (Å²) in [6.07, 6.45) is -3.00. The monoisotopic (exact) mass is 346 g/mol. The summed E-state index contributed by atoms with van der Waals surface area (Å²) >= 11 is 0. The Morgan fingerprint density at radius 2 is 2.04 bits per heavy atom. The Labute approximate surface area is 140 Å². The molecule has 1 aliphatic carbocycles. The van der Waals surface area contributed by atoms with Crippen molar-refractivity contribution in [2.75, 3.05) is 0 Å². The van der Waals surface area contributed by atoms with Gasteiger partial charge in [-0.3, -0.25) is 4.68 Å². The van der Waals surface area contributed by atoms with Gasteiger partial charge in [0.2, 0.25) is 0 Å². The van der Waals surface area contributed by atoms with Gasteiger partial charge in [0.25, 0.3) is 0 Å². The summed E-state index contributed by atoms with van der Waals surface area (Å²) in [4.78, 5) is 12.0. The normalized spacial score (nSPS) is 21.6. The molecule has 136 valence electrons. The first-order valence-corrected chi connectivity index (χ1v) is 8.36. The second-order valence-electron chi connectivity index (χ2n) is 6.39. The summed E-state index contributed by atoms with van der Waals surface area (Å²) in [6, 6.07) is -0.850. The molecule has 5 nitrogen and oxygen atoms in total. The van der Waals surface area contributed by atoms with Crippen molar-refractivity contribution in [3.05, 3.63) is 17.0 Å². The highest BCUT2D eigenvalue weighted by Crippen LogP contribution is 2.37. The van der Waals surface area contributed by atoms with E-state index in [0.29, 0.717) is 19.4 Å². The molecule has 0 radical (unpaired) electrons. The van der Waals surface area contributed by atoms with Crippen molar-refractivity contribution >= 4 is 6.03 Å². The second kappa shape index (κ2) is 7.44. The molecule has 0 unspecified atom stereocenters. The van der Waals surface area contributed by atoms with Gasteiger partial charge in [0.05, 0.1) is 11.6 Å². The summed E-state index contributed by atoms with van der Waals surface area (Å²) in [7, 11) is 0. The van der Waals surface area contributed by atoms with Gasteiger partial charge in [-0.05, 0) is 40.0 Å². The number of nitrogens with one attached hydrogen (secondary N) is 2. The largest absolute Gasteiger partial charge is 0.391 e. The van der Waals surface area contributed by atoms with Crippen molar-refractivity contribution in [2.24, 2.45) is 5.92 Å². The van der Waals surface area contributed by atoms with E-state index in [9.17, 15) is 18.0 Å². The Bertz CT molecular complexity index is 583. The molecule has 1 fully saturated rings. The highest BCUT2D eigenvalue weighted by molar-refractivity contribution is 5.74. The van der Waals surface area contributed by atoms with E-state index in [1.165, 1.54) is 0 Å². The van der Waals surface area contributed by atoms with Gasteiger partial charge in [-0.1, -0.05) is 6.42 Å². The van der Waals surface area contributed by atoms with Crippen LogP contribution in [0.25, 0.3) is 0 Å². The van der Waals surface area contributed by atoms with Crippen LogP contribution in [0.2, 0.25) is 0 Å². The van der Waals surface area contributed by atoms with Crippen molar-refractivity contribution in [2.45, 2.75) is 71.8 Å². The van der Waals surface area contributed by atoms with E-state index in [0.717, 1.165) is 23.5 Å². The molecule has 0 aromatic carbocycles. The number of aromatic nitrogens is 2. The van der Waals surface area contributed by atoms with E-state index in [4.69, 9.17) is 0 Å². The maximum absolute atomic E-state index is 12.8. The van der Waals surface area contributed by atoms with Crippen molar-refractivity contribution in [1.82, 2.24) is 20.4 Å². The topological polar surface area (TPSA) is 59.0 Å². The van der Waals surface area contributed by atoms with E-state index in [2.05, 4.69) is 15.7 Å². The van der Waals surface area contributed by atoms with Crippen LogP contribution in [0.3, 0.4) is 0 Å². The van der Waals surface area contributed by atoms with E-state index in [1.807, 2.05) is 25.5 Å². The van der Waals surface area contributed by atoms with Gasteiger partial charge >= 0.3 is 12.2 Å². The Morgan fingerprint density at radius 3 is 2.62 bits per heavy atom. The molecule has 1 heterocycles. The van der Waals surface area contributed by atoms with E-state index >= 15 is 0 Å². The van der Waals surface area contributed by atoms with Crippen LogP contribution in [0.4, 0.5) is 18.0 Å². The average Bonchev–Trinajstić information content (AvgIpc) is 2.78. The predicted octanol–water partition coefficient (Wildman–Crippen LogP) is 3.44. The van der Waals surface area contributed by atoms with Crippen molar-refractivity contribution in [3.63, 3.8) is 0 Å². The number of rotatable bonds is 4. The lowest BCUT2D eigenvalue weighted by Gasteiger charge is -2.31. The molecule has 1 aromatic rings. The Balaban J connectivity index is 1.86. The summed E-state index contributed by atoms with van der Waals surface area (Å²) in [5.41, 5.74) is 2.79. The molecule has 0 spiro atoms. The van der Waals surface area contributed by atoms with Crippen LogP contribution < -0.4 is 10.6 Å². The van der Waals surface area contributed by atoms with Crippen molar-refractivity contribution in [1.29, 1.82) is 0 Å². The molecule has 24 heavy (non-hydrogen) atoms. The zero-order valence-corrected chi connectivity index (χ0v) is 14.3. The summed E-state index contributed by atoms with van der Waals surface area (Å²) < 4.78 is 40.3. The standard InChI is InChI=1S/C16H25F3N4O/c1-4-23-11(3)14(10(2)22-23)9-20-15(24)21-13-7-5-6-12(8-13)16(17,18)19/h12-13H,4-9H2,1-3H3,(H2,20,21,24)/t12-,13-/m0/s1. The second-order valence-corrected chi connectivity index (χ2v) is 6.39. The minimum absolute atomic E-state index is 0.0389. The number of aryl methyl sites for hydroxylation is 2. The molecule has 2 rings (SSSR count). The zero-order chi connectivity index (χ0) is 17.9. The number of alkyl halides is 3. The van der Waals surface area contributed by atoms with Gasteiger partial charge < -0.3 is 10.6 Å². The first kappa shape index (κ1) is 18.6. The molecule has 1 saturated carbocycles. The summed E-state index contributed by atoms with van der Waals surface area (Å²) in [5.74, 6) is -1.32. The maximum atomic E-state index is 12.8. The number of hydrogen-bond acceptors (Lipinski definition) is 2. The van der Waals surface area contributed by atoms with E-state index in [1.54, 1.807) is 0 Å². The number of amides is 2. The fourth-order valence-electron chi connectivity index (χ4n) is 3.32. The van der Waals surface area contributed by atoms with E-state index in [-0.39, 0.29) is 12.8 Å². The van der Waals surface area contributed by atoms with Crippen molar-refractivity contribution < 1.29 is 18.0 Å². The third kappa shape index (κ3) is 4.42. The Hall–Kier alpha value is -1.73. The first-order chi connectivity index (χ1) is 11.2. The number of hydrogen-bond donors (Lipinski definition) is 2. The van der Waals surface area contributed by atoms with Crippen LogP contribution in [0, 0.1) is 19.8 Å². The molecule has 0 saturated heterocycles. The highest BCUT2D eigenvalue weighted by Gasteiger charge is 2.42. The molecule has 1 aromatic heterocycles. The number of nitrogens with zero attached hydrogens (tertiary/aromatic N) is 2. The van der Waals surface area contributed by atoms with Crippen LogP contribution in [0.15, 0.2) is 0 Å². The molecule has 0 aliphatic heterocycles. The highest BCUT2D eigenvalue weighted by atomic mass is 19.4. The minimum Gasteiger partial charge on any atom is -0.335 e. The quantitative estimate of drug-likeness (QED) is 0.877. The first-order valence-electron chi connectivity index (χ1n) is 8.36. The van der Waals surface area contributed by atoms with E-state index < -0.39 is 24.2 Å². The lowest BCUT2D eigenvalue weighted by atomic mass is 9.85. The Kier molecular flexibility index (Phi) is 5.77. The number of carbonyl (C=O) groups excluding carboxylic acids is 1. The third-order valence-corrected chi connectivity index (χ3v) is 4.73. The van der Waals surface area contributed by atoms with Crippen LogP contribution in [0.1, 0.15) is 49.6 Å².